The Morgan fingerprint density at radius 1 is 0.611 bits per heavy atom. The molecular formula is C32H36O4. The first-order valence-corrected chi connectivity index (χ1v) is 13.4. The van der Waals surface area contributed by atoms with E-state index in [9.17, 15) is 9.59 Å². The van der Waals surface area contributed by atoms with Crippen LogP contribution in [0.15, 0.2) is 65.8 Å². The number of unbranched alkanes of at least 4 members (excludes halogenated alkanes) is 6. The Kier molecular flexibility index (Phi) is 8.94. The number of benzene rings is 2. The highest BCUT2D eigenvalue weighted by atomic mass is 16.5. The maximum Gasteiger partial charge on any atom is 0.194 e. The van der Waals surface area contributed by atoms with E-state index in [-0.39, 0.29) is 11.6 Å². The van der Waals surface area contributed by atoms with Gasteiger partial charge in [0.05, 0.1) is 13.2 Å². The minimum atomic E-state index is -0.162. The van der Waals surface area contributed by atoms with Crippen molar-refractivity contribution in [3.8, 4) is 5.75 Å². The Labute approximate surface area is 214 Å². The summed E-state index contributed by atoms with van der Waals surface area (Å²) in [7, 11) is 0. The summed E-state index contributed by atoms with van der Waals surface area (Å²) in [6, 6.07) is 13.0. The van der Waals surface area contributed by atoms with Crippen molar-refractivity contribution in [3.05, 3.63) is 88.0 Å². The predicted octanol–water partition coefficient (Wildman–Crippen LogP) is 7.99. The van der Waals surface area contributed by atoms with Crippen molar-refractivity contribution in [3.63, 3.8) is 0 Å². The van der Waals surface area contributed by atoms with E-state index in [1.807, 2.05) is 42.5 Å². The molecule has 2 aromatic rings. The summed E-state index contributed by atoms with van der Waals surface area (Å²) in [5.41, 5.74) is 3.48. The zero-order chi connectivity index (χ0) is 25.3. The second-order valence-electron chi connectivity index (χ2n) is 9.41. The van der Waals surface area contributed by atoms with Crippen molar-refractivity contribution in [1.29, 1.82) is 0 Å². The number of carbonyl (C=O) groups excluding carboxylic acids is 2. The first-order chi connectivity index (χ1) is 17.7. The zero-order valence-corrected chi connectivity index (χ0v) is 21.5. The quantitative estimate of drug-likeness (QED) is 0.226. The first-order valence-electron chi connectivity index (χ1n) is 13.4. The molecular weight excluding hydrogens is 448 g/mol. The molecule has 4 heteroatoms. The normalized spacial score (nSPS) is 16.4. The number of hydrogen-bond acceptors (Lipinski definition) is 4. The van der Waals surface area contributed by atoms with Gasteiger partial charge in [0.1, 0.15) is 11.5 Å². The SMILES string of the molecule is CCCCCCOC1=C/C(=C2/C=Cc3c(OCCCCCC)cccc3C2=O)C(=O)c2ccccc21. The van der Waals surface area contributed by atoms with E-state index < -0.39 is 0 Å². The molecule has 188 valence electrons. The van der Waals surface area contributed by atoms with Crippen LogP contribution in [0.25, 0.3) is 11.8 Å². The molecule has 2 aromatic carbocycles. The van der Waals surface area contributed by atoms with Gasteiger partial charge >= 0.3 is 0 Å². The van der Waals surface area contributed by atoms with E-state index in [0.29, 0.717) is 47.0 Å². The molecule has 0 aromatic heterocycles. The molecule has 0 unspecified atom stereocenters. The lowest BCUT2D eigenvalue weighted by atomic mass is 9.83. The van der Waals surface area contributed by atoms with Gasteiger partial charge in [-0.3, -0.25) is 9.59 Å². The molecule has 0 bridgehead atoms. The predicted molar refractivity (Wildman–Crippen MR) is 145 cm³/mol. The lowest BCUT2D eigenvalue weighted by Gasteiger charge is -2.22. The van der Waals surface area contributed by atoms with Crippen molar-refractivity contribution in [2.24, 2.45) is 0 Å². The Hall–Kier alpha value is -3.40. The van der Waals surface area contributed by atoms with Gasteiger partial charge < -0.3 is 9.47 Å². The standard InChI is InChI=1S/C32H36O4/c1-3-5-7-11-20-35-29-17-13-16-26-24(29)18-19-27(31(26)33)28-22-30(36-21-12-8-6-4-2)23-14-9-10-15-25(23)32(28)34/h9-10,13-19,22H,3-8,11-12,20-21H2,1-2H3/b28-27+. The number of ether oxygens (including phenoxy) is 2. The van der Waals surface area contributed by atoms with E-state index in [2.05, 4.69) is 13.8 Å². The summed E-state index contributed by atoms with van der Waals surface area (Å²) in [5, 5.41) is 0. The Morgan fingerprint density at radius 2 is 1.25 bits per heavy atom. The fourth-order valence-electron chi connectivity index (χ4n) is 4.70. The van der Waals surface area contributed by atoms with Crippen molar-refractivity contribution in [2.75, 3.05) is 13.2 Å². The highest BCUT2D eigenvalue weighted by Crippen LogP contribution is 2.36. The van der Waals surface area contributed by atoms with Crippen LogP contribution in [-0.2, 0) is 4.74 Å². The molecule has 0 saturated heterocycles. The van der Waals surface area contributed by atoms with Crippen LogP contribution in [0.1, 0.15) is 97.1 Å². The molecule has 0 radical (unpaired) electrons. The molecule has 0 amide bonds. The van der Waals surface area contributed by atoms with Crippen LogP contribution in [0.2, 0.25) is 0 Å². The molecule has 0 fully saturated rings. The van der Waals surface area contributed by atoms with Crippen molar-refractivity contribution in [1.82, 2.24) is 0 Å². The van der Waals surface area contributed by atoms with Gasteiger partial charge in [-0.2, -0.15) is 0 Å². The van der Waals surface area contributed by atoms with E-state index in [0.717, 1.165) is 43.2 Å². The van der Waals surface area contributed by atoms with Crippen LogP contribution < -0.4 is 4.74 Å². The second kappa shape index (κ2) is 12.5. The number of ketones is 2. The van der Waals surface area contributed by atoms with Crippen LogP contribution >= 0.6 is 0 Å². The molecule has 4 nitrogen and oxygen atoms in total. The van der Waals surface area contributed by atoms with Crippen LogP contribution in [0.5, 0.6) is 5.75 Å². The minimum absolute atomic E-state index is 0.149. The van der Waals surface area contributed by atoms with E-state index in [1.165, 1.54) is 19.3 Å². The maximum atomic E-state index is 13.6. The number of Topliss-reactive ketones (excluding diaryl/α,β-unsaturated/α-hetero) is 2. The van der Waals surface area contributed by atoms with E-state index in [1.54, 1.807) is 18.2 Å². The molecule has 0 spiro atoms. The monoisotopic (exact) mass is 484 g/mol. The molecule has 2 aliphatic carbocycles. The summed E-state index contributed by atoms with van der Waals surface area (Å²) >= 11 is 0. The third kappa shape index (κ3) is 5.70. The minimum Gasteiger partial charge on any atom is -0.493 e. The van der Waals surface area contributed by atoms with Gasteiger partial charge in [0.25, 0.3) is 0 Å². The second-order valence-corrected chi connectivity index (χ2v) is 9.41. The summed E-state index contributed by atoms with van der Waals surface area (Å²) in [6.07, 6.45) is 14.3. The van der Waals surface area contributed by atoms with Gasteiger partial charge in [-0.1, -0.05) is 88.8 Å². The summed E-state index contributed by atoms with van der Waals surface area (Å²) in [6.45, 7) is 5.58. The maximum absolute atomic E-state index is 13.6. The van der Waals surface area contributed by atoms with Gasteiger partial charge in [0, 0.05) is 33.4 Å². The lowest BCUT2D eigenvalue weighted by Crippen LogP contribution is -2.18. The average molecular weight is 485 g/mol. The molecule has 0 heterocycles. The Balaban J connectivity index is 1.62. The molecule has 0 aliphatic heterocycles. The lowest BCUT2D eigenvalue weighted by molar-refractivity contribution is 0.100. The summed E-state index contributed by atoms with van der Waals surface area (Å²) < 4.78 is 12.2. The third-order valence-corrected chi connectivity index (χ3v) is 6.73. The van der Waals surface area contributed by atoms with Gasteiger partial charge in [0.15, 0.2) is 11.6 Å². The topological polar surface area (TPSA) is 52.6 Å². The van der Waals surface area contributed by atoms with Crippen LogP contribution in [0.4, 0.5) is 0 Å². The van der Waals surface area contributed by atoms with Crippen molar-refractivity contribution in [2.45, 2.75) is 65.2 Å². The highest BCUT2D eigenvalue weighted by molar-refractivity contribution is 6.25. The average Bonchev–Trinajstić information content (AvgIpc) is 2.90. The number of allylic oxidation sites excluding steroid dienone is 4. The smallest absolute Gasteiger partial charge is 0.194 e. The van der Waals surface area contributed by atoms with Gasteiger partial charge in [-0.25, -0.2) is 0 Å². The van der Waals surface area contributed by atoms with Crippen LogP contribution in [0, 0.1) is 0 Å². The van der Waals surface area contributed by atoms with E-state index in [4.69, 9.17) is 9.47 Å². The van der Waals surface area contributed by atoms with Crippen LogP contribution in [0.3, 0.4) is 0 Å². The molecule has 0 N–H and O–H groups in total. The summed E-state index contributed by atoms with van der Waals surface area (Å²) in [5.74, 6) is 1.05. The third-order valence-electron chi connectivity index (χ3n) is 6.73. The molecule has 0 atom stereocenters. The number of carbonyl (C=O) groups is 2. The Morgan fingerprint density at radius 3 is 1.97 bits per heavy atom. The van der Waals surface area contributed by atoms with Gasteiger partial charge in [-0.05, 0) is 37.1 Å². The molecule has 4 rings (SSSR count). The molecule has 2 aliphatic rings. The molecule has 0 saturated carbocycles. The largest absolute Gasteiger partial charge is 0.493 e. The van der Waals surface area contributed by atoms with E-state index >= 15 is 0 Å². The van der Waals surface area contributed by atoms with Crippen LogP contribution in [-0.4, -0.2) is 24.8 Å². The van der Waals surface area contributed by atoms with Gasteiger partial charge in [0.2, 0.25) is 0 Å². The highest BCUT2D eigenvalue weighted by Gasteiger charge is 2.30. The zero-order valence-electron chi connectivity index (χ0n) is 21.5. The summed E-state index contributed by atoms with van der Waals surface area (Å²) in [4.78, 5) is 27.1. The van der Waals surface area contributed by atoms with Crippen molar-refractivity contribution >= 4 is 23.4 Å². The fourth-order valence-corrected chi connectivity index (χ4v) is 4.70. The first kappa shape index (κ1) is 25.7. The number of fused-ring (bicyclic) bond motifs is 2. The number of rotatable bonds is 12. The van der Waals surface area contributed by atoms with Crippen molar-refractivity contribution < 1.29 is 19.1 Å². The Bertz CT molecular complexity index is 1200. The van der Waals surface area contributed by atoms with Gasteiger partial charge in [-0.15, -0.1) is 0 Å². The fraction of sp³-hybridized carbons (Fsp3) is 0.375. The molecule has 36 heavy (non-hydrogen) atoms. The number of hydrogen-bond donors (Lipinski definition) is 0.